The number of hydrogen-bond acceptors (Lipinski definition) is 7. The van der Waals surface area contributed by atoms with Gasteiger partial charge in [0.05, 0.1) is 40.1 Å². The van der Waals surface area contributed by atoms with Crippen LogP contribution in [0, 0.1) is 6.92 Å². The molecule has 10 heteroatoms. The first-order chi connectivity index (χ1) is 20.7. The molecule has 1 atom stereocenters. The summed E-state index contributed by atoms with van der Waals surface area (Å²) >= 11 is 11.4. The van der Waals surface area contributed by atoms with Crippen molar-refractivity contribution in [1.82, 2.24) is 4.57 Å². The smallest absolute Gasteiger partial charge is 0.338 e. The molecule has 0 fully saturated rings. The minimum absolute atomic E-state index is 0.215. The predicted octanol–water partition coefficient (Wildman–Crippen LogP) is 6.50. The van der Waals surface area contributed by atoms with Crippen LogP contribution >= 0.6 is 38.9 Å². The number of ether oxygens (including phenoxy) is 3. The molecular weight excluding hydrogens is 652 g/mol. The van der Waals surface area contributed by atoms with Gasteiger partial charge in [-0.1, -0.05) is 80.8 Å². The van der Waals surface area contributed by atoms with Gasteiger partial charge >= 0.3 is 5.97 Å². The van der Waals surface area contributed by atoms with Crippen molar-refractivity contribution in [2.24, 2.45) is 4.99 Å². The number of benzene rings is 3. The summed E-state index contributed by atoms with van der Waals surface area (Å²) in [6, 6.07) is 18.5. The van der Waals surface area contributed by atoms with Gasteiger partial charge in [-0.3, -0.25) is 9.36 Å². The van der Waals surface area contributed by atoms with Crippen LogP contribution < -0.4 is 24.4 Å². The number of esters is 1. The first-order valence-electron chi connectivity index (χ1n) is 13.8. The number of carbonyl (C=O) groups excluding carboxylic acids is 1. The molecule has 0 bridgehead atoms. The molecule has 5 rings (SSSR count). The van der Waals surface area contributed by atoms with Gasteiger partial charge in [-0.15, -0.1) is 0 Å². The van der Waals surface area contributed by atoms with Crippen LogP contribution in [0.4, 0.5) is 0 Å². The topological polar surface area (TPSA) is 79.1 Å². The molecule has 0 spiro atoms. The van der Waals surface area contributed by atoms with Crippen molar-refractivity contribution < 1.29 is 19.0 Å². The molecule has 0 radical (unpaired) electrons. The van der Waals surface area contributed by atoms with E-state index >= 15 is 0 Å². The number of allylic oxidation sites excluding steroid dienone is 1. The number of rotatable bonds is 9. The van der Waals surface area contributed by atoms with Crippen LogP contribution in [-0.2, 0) is 16.1 Å². The number of halogens is 2. The van der Waals surface area contributed by atoms with Crippen LogP contribution in [0.2, 0.25) is 5.02 Å². The van der Waals surface area contributed by atoms with E-state index in [0.29, 0.717) is 55.9 Å². The average Bonchev–Trinajstić information content (AvgIpc) is 3.27. The fourth-order valence-corrected chi connectivity index (χ4v) is 6.40. The zero-order valence-electron chi connectivity index (χ0n) is 24.1. The fourth-order valence-electron chi connectivity index (χ4n) is 4.82. The lowest BCUT2D eigenvalue weighted by molar-refractivity contribution is -0.139. The van der Waals surface area contributed by atoms with E-state index < -0.39 is 12.0 Å². The number of hydrogen-bond donors (Lipinski definition) is 0. The van der Waals surface area contributed by atoms with Gasteiger partial charge in [0.1, 0.15) is 6.61 Å². The Morgan fingerprint density at radius 2 is 1.77 bits per heavy atom. The van der Waals surface area contributed by atoms with Gasteiger partial charge in [-0.2, -0.15) is 0 Å². The molecule has 222 valence electrons. The van der Waals surface area contributed by atoms with E-state index in [9.17, 15) is 9.59 Å². The molecule has 3 aromatic carbocycles. The fraction of sp³-hybridized carbons (Fsp3) is 0.242. The Morgan fingerprint density at radius 3 is 2.44 bits per heavy atom. The second-order valence-electron chi connectivity index (χ2n) is 9.89. The van der Waals surface area contributed by atoms with E-state index in [-0.39, 0.29) is 12.2 Å². The second-order valence-corrected chi connectivity index (χ2v) is 12.2. The number of carbonyl (C=O) groups is 1. The van der Waals surface area contributed by atoms with Crippen LogP contribution in [-0.4, -0.2) is 23.8 Å². The summed E-state index contributed by atoms with van der Waals surface area (Å²) in [7, 11) is 0. The molecule has 0 saturated carbocycles. The van der Waals surface area contributed by atoms with E-state index in [2.05, 4.69) is 20.9 Å². The first-order valence-corrected chi connectivity index (χ1v) is 15.8. The standard InChI is InChI=1S/C33H30BrClN2O5S/c1-5-40-26-16-22(15-25(35)30(26)42-18-21-9-13-24(34)14-10-21)17-27-31(38)37-29(23-11-7-19(3)8-12-23)28(32(39)41-6-2)20(4)36-33(37)43-27/h7-17,29H,5-6,18H2,1-4H3/b27-17+/t29-/m0/s1. The zero-order chi connectivity index (χ0) is 30.7. The molecule has 2 heterocycles. The lowest BCUT2D eigenvalue weighted by Gasteiger charge is -2.24. The van der Waals surface area contributed by atoms with Crippen molar-refractivity contribution >= 4 is 50.9 Å². The Balaban J connectivity index is 1.58. The summed E-state index contributed by atoms with van der Waals surface area (Å²) in [5.41, 5.74) is 4.11. The summed E-state index contributed by atoms with van der Waals surface area (Å²) in [4.78, 5) is 32.2. The molecule has 7 nitrogen and oxygen atoms in total. The maximum atomic E-state index is 14.0. The van der Waals surface area contributed by atoms with Gasteiger partial charge in [0.15, 0.2) is 16.3 Å². The van der Waals surface area contributed by atoms with Gasteiger partial charge in [0, 0.05) is 4.47 Å². The Bertz CT molecular complexity index is 1880. The van der Waals surface area contributed by atoms with Crippen molar-refractivity contribution in [1.29, 1.82) is 0 Å². The summed E-state index contributed by atoms with van der Waals surface area (Å²) in [6.07, 6.45) is 1.76. The van der Waals surface area contributed by atoms with Crippen LogP contribution in [0.25, 0.3) is 6.08 Å². The lowest BCUT2D eigenvalue weighted by Crippen LogP contribution is -2.39. The van der Waals surface area contributed by atoms with Gasteiger partial charge in [-0.05, 0) is 74.7 Å². The van der Waals surface area contributed by atoms with Crippen molar-refractivity contribution in [3.8, 4) is 11.5 Å². The van der Waals surface area contributed by atoms with Crippen molar-refractivity contribution in [3.05, 3.63) is 123 Å². The number of thiazole rings is 1. The number of nitrogens with zero attached hydrogens (tertiary/aromatic N) is 2. The minimum Gasteiger partial charge on any atom is -0.490 e. The van der Waals surface area contributed by atoms with E-state index in [4.69, 9.17) is 25.8 Å². The molecule has 0 amide bonds. The van der Waals surface area contributed by atoms with Crippen LogP contribution in [0.15, 0.2) is 86.2 Å². The Morgan fingerprint density at radius 1 is 1.05 bits per heavy atom. The third-order valence-corrected chi connectivity index (χ3v) is 8.63. The second kappa shape index (κ2) is 13.3. The highest BCUT2D eigenvalue weighted by molar-refractivity contribution is 9.10. The Kier molecular flexibility index (Phi) is 9.54. The highest BCUT2D eigenvalue weighted by atomic mass is 79.9. The maximum absolute atomic E-state index is 14.0. The van der Waals surface area contributed by atoms with Crippen LogP contribution in [0.5, 0.6) is 11.5 Å². The van der Waals surface area contributed by atoms with Gasteiger partial charge < -0.3 is 14.2 Å². The van der Waals surface area contributed by atoms with Gasteiger partial charge in [0.25, 0.3) is 5.56 Å². The summed E-state index contributed by atoms with van der Waals surface area (Å²) in [6.45, 7) is 8.32. The molecule has 1 aliphatic heterocycles. The van der Waals surface area contributed by atoms with Crippen molar-refractivity contribution in [3.63, 3.8) is 0 Å². The molecule has 4 aromatic rings. The number of aryl methyl sites for hydroxylation is 1. The van der Waals surface area contributed by atoms with Gasteiger partial charge in [0.2, 0.25) is 0 Å². The molecule has 43 heavy (non-hydrogen) atoms. The monoisotopic (exact) mass is 680 g/mol. The number of aromatic nitrogens is 1. The highest BCUT2D eigenvalue weighted by Gasteiger charge is 2.33. The third kappa shape index (κ3) is 6.64. The highest BCUT2D eigenvalue weighted by Crippen LogP contribution is 2.38. The van der Waals surface area contributed by atoms with E-state index in [0.717, 1.165) is 21.2 Å². The summed E-state index contributed by atoms with van der Waals surface area (Å²) < 4.78 is 20.3. The third-order valence-electron chi connectivity index (χ3n) is 6.84. The zero-order valence-corrected chi connectivity index (χ0v) is 27.3. The Hall–Kier alpha value is -3.66. The largest absolute Gasteiger partial charge is 0.490 e. The Labute approximate surface area is 266 Å². The minimum atomic E-state index is -0.671. The molecule has 0 unspecified atom stereocenters. The molecule has 1 aliphatic rings. The van der Waals surface area contributed by atoms with E-state index in [1.165, 1.54) is 11.3 Å². The molecule has 1 aromatic heterocycles. The molecule has 0 N–H and O–H groups in total. The van der Waals surface area contributed by atoms with Crippen molar-refractivity contribution in [2.45, 2.75) is 40.3 Å². The SMILES string of the molecule is CCOC(=O)C1=C(C)N=c2s/c(=C/c3cc(Cl)c(OCc4ccc(Br)cc4)c(OCC)c3)c(=O)n2[C@H]1c1ccc(C)cc1. The molecule has 0 saturated heterocycles. The van der Waals surface area contributed by atoms with E-state index in [1.807, 2.05) is 62.4 Å². The first kappa shape index (κ1) is 30.8. The van der Waals surface area contributed by atoms with Gasteiger partial charge in [-0.25, -0.2) is 9.79 Å². The summed E-state index contributed by atoms with van der Waals surface area (Å²) in [5, 5.41) is 0.361. The number of fused-ring (bicyclic) bond motifs is 1. The quantitative estimate of drug-likeness (QED) is 0.189. The molecule has 0 aliphatic carbocycles. The van der Waals surface area contributed by atoms with Crippen LogP contribution in [0.1, 0.15) is 49.1 Å². The summed E-state index contributed by atoms with van der Waals surface area (Å²) in [5.74, 6) is 0.415. The lowest BCUT2D eigenvalue weighted by atomic mass is 9.95. The maximum Gasteiger partial charge on any atom is 0.338 e. The van der Waals surface area contributed by atoms with Crippen LogP contribution in [0.3, 0.4) is 0 Å². The average molecular weight is 682 g/mol. The predicted molar refractivity (Wildman–Crippen MR) is 173 cm³/mol. The molecular formula is C33H30BrClN2O5S. The normalized spacial score (nSPS) is 14.7. The van der Waals surface area contributed by atoms with Crippen molar-refractivity contribution in [2.75, 3.05) is 13.2 Å². The van der Waals surface area contributed by atoms with E-state index in [1.54, 1.807) is 36.6 Å².